The smallest absolute Gasteiger partial charge is 0.288 e. The van der Waals surface area contributed by atoms with E-state index in [4.69, 9.17) is 15.0 Å². The molecule has 2 rings (SSSR count). The number of nitrogens with zero attached hydrogens (tertiary/aromatic N) is 3. The van der Waals surface area contributed by atoms with Crippen molar-refractivity contribution in [1.82, 2.24) is 14.8 Å². The highest BCUT2D eigenvalue weighted by atomic mass is 32.2. The number of carbonyl (C=O) groups is 1. The second kappa shape index (κ2) is 4.75. The van der Waals surface area contributed by atoms with Gasteiger partial charge in [0.1, 0.15) is 24.3 Å². The van der Waals surface area contributed by atoms with Gasteiger partial charge in [-0.2, -0.15) is 8.42 Å². The van der Waals surface area contributed by atoms with E-state index in [2.05, 4.69) is 10.1 Å². The average molecular weight is 308 g/mol. The number of ether oxygens (including phenoxy) is 1. The molecule has 3 atom stereocenters. The van der Waals surface area contributed by atoms with Gasteiger partial charge in [-0.05, 0) is 0 Å². The number of primary amides is 1. The summed E-state index contributed by atoms with van der Waals surface area (Å²) in [4.78, 5) is 14.4. The van der Waals surface area contributed by atoms with Crippen molar-refractivity contribution >= 4 is 16.0 Å². The fourth-order valence-electron chi connectivity index (χ4n) is 1.88. The molecule has 0 saturated carbocycles. The molecule has 1 aromatic heterocycles. The van der Waals surface area contributed by atoms with Gasteiger partial charge in [-0.1, -0.05) is 0 Å². The minimum atomic E-state index is -4.47. The van der Waals surface area contributed by atoms with Crippen molar-refractivity contribution in [3.05, 3.63) is 12.2 Å². The van der Waals surface area contributed by atoms with Crippen LogP contribution in [0.5, 0.6) is 0 Å². The Bertz CT molecular complexity index is 629. The van der Waals surface area contributed by atoms with Crippen molar-refractivity contribution in [2.75, 3.05) is 12.4 Å². The van der Waals surface area contributed by atoms with Crippen LogP contribution in [0.3, 0.4) is 0 Å². The monoisotopic (exact) mass is 308 g/mol. The van der Waals surface area contributed by atoms with Crippen molar-refractivity contribution in [3.8, 4) is 0 Å². The quantitative estimate of drug-likeness (QED) is 0.414. The third kappa shape index (κ3) is 2.51. The van der Waals surface area contributed by atoms with Crippen LogP contribution in [0.15, 0.2) is 6.33 Å². The first-order valence-corrected chi connectivity index (χ1v) is 6.94. The fourth-order valence-corrected chi connectivity index (χ4v) is 2.60. The highest BCUT2D eigenvalue weighted by Gasteiger charge is 2.54. The summed E-state index contributed by atoms with van der Waals surface area (Å²) in [7, 11) is -4.47. The SMILES string of the molecule is NC(=O)c1ncn([C@@]2(O)[C@@H](O)CO[C@@H]2CS(=O)(=O)O)n1. The van der Waals surface area contributed by atoms with Crippen molar-refractivity contribution < 1.29 is 32.7 Å². The van der Waals surface area contributed by atoms with Crippen LogP contribution in [0.25, 0.3) is 0 Å². The molecule has 1 fully saturated rings. The summed E-state index contributed by atoms with van der Waals surface area (Å²) < 4.78 is 36.2. The average Bonchev–Trinajstić information content (AvgIpc) is 2.89. The normalized spacial score (nSPS) is 30.6. The number of rotatable bonds is 4. The van der Waals surface area contributed by atoms with E-state index >= 15 is 0 Å². The highest BCUT2D eigenvalue weighted by Crippen LogP contribution is 2.31. The van der Waals surface area contributed by atoms with E-state index < -0.39 is 45.5 Å². The van der Waals surface area contributed by atoms with Crippen LogP contribution < -0.4 is 5.73 Å². The lowest BCUT2D eigenvalue weighted by Crippen LogP contribution is -2.52. The number of aliphatic hydroxyl groups excluding tert-OH is 1. The van der Waals surface area contributed by atoms with E-state index in [1.807, 2.05) is 0 Å². The number of aliphatic hydroxyl groups is 2. The Hall–Kier alpha value is -1.60. The van der Waals surface area contributed by atoms with Crippen LogP contribution in [0.1, 0.15) is 10.6 Å². The second-order valence-corrected chi connectivity index (χ2v) is 5.74. The Morgan fingerprint density at radius 1 is 1.65 bits per heavy atom. The summed E-state index contributed by atoms with van der Waals surface area (Å²) in [6.45, 7) is -0.386. The summed E-state index contributed by atoms with van der Waals surface area (Å²) in [5.41, 5.74) is 2.66. The molecule has 0 bridgehead atoms. The van der Waals surface area contributed by atoms with E-state index in [1.165, 1.54) is 0 Å². The van der Waals surface area contributed by atoms with Gasteiger partial charge in [-0.25, -0.2) is 9.67 Å². The van der Waals surface area contributed by atoms with Gasteiger partial charge in [-0.3, -0.25) is 9.35 Å². The number of aromatic nitrogens is 3. The highest BCUT2D eigenvalue weighted by molar-refractivity contribution is 7.85. The number of nitrogens with two attached hydrogens (primary N) is 1. The molecule has 0 radical (unpaired) electrons. The van der Waals surface area contributed by atoms with Gasteiger partial charge < -0.3 is 20.7 Å². The summed E-state index contributed by atoms with van der Waals surface area (Å²) in [5, 5.41) is 23.7. The van der Waals surface area contributed by atoms with Gasteiger partial charge in [0.15, 0.2) is 0 Å². The van der Waals surface area contributed by atoms with Gasteiger partial charge in [-0.15, -0.1) is 5.10 Å². The molecule has 1 amide bonds. The molecule has 0 unspecified atom stereocenters. The largest absolute Gasteiger partial charge is 0.385 e. The predicted molar refractivity (Wildman–Crippen MR) is 60.9 cm³/mol. The Morgan fingerprint density at radius 2 is 2.30 bits per heavy atom. The van der Waals surface area contributed by atoms with Crippen molar-refractivity contribution in [2.24, 2.45) is 5.73 Å². The topological polar surface area (TPSA) is 178 Å². The van der Waals surface area contributed by atoms with Gasteiger partial charge in [0, 0.05) is 0 Å². The van der Waals surface area contributed by atoms with E-state index in [0.717, 1.165) is 6.33 Å². The molecule has 0 aliphatic carbocycles. The van der Waals surface area contributed by atoms with Crippen molar-refractivity contribution in [3.63, 3.8) is 0 Å². The first kappa shape index (κ1) is 14.8. The lowest BCUT2D eigenvalue weighted by molar-refractivity contribution is -0.142. The molecule has 1 saturated heterocycles. The molecule has 12 heteroatoms. The van der Waals surface area contributed by atoms with Crippen LogP contribution in [0, 0.1) is 0 Å². The molecule has 11 nitrogen and oxygen atoms in total. The van der Waals surface area contributed by atoms with E-state index in [1.54, 1.807) is 0 Å². The van der Waals surface area contributed by atoms with Crippen LogP contribution >= 0.6 is 0 Å². The number of hydrogen-bond donors (Lipinski definition) is 4. The Labute approximate surface area is 112 Å². The molecular formula is C8H12N4O7S. The minimum absolute atomic E-state index is 0.386. The minimum Gasteiger partial charge on any atom is -0.385 e. The number of hydrogen-bond acceptors (Lipinski definition) is 8. The fraction of sp³-hybridized carbons (Fsp3) is 0.625. The summed E-state index contributed by atoms with van der Waals surface area (Å²) in [6.07, 6.45) is -2.12. The maximum atomic E-state index is 10.9. The first-order valence-electron chi connectivity index (χ1n) is 5.33. The number of amides is 1. The predicted octanol–water partition coefficient (Wildman–Crippen LogP) is -3.33. The Balaban J connectivity index is 2.39. The molecule has 1 aliphatic rings. The number of carbonyl (C=O) groups excluding carboxylic acids is 1. The lowest BCUT2D eigenvalue weighted by atomic mass is 10.1. The van der Waals surface area contributed by atoms with E-state index in [-0.39, 0.29) is 6.61 Å². The van der Waals surface area contributed by atoms with Gasteiger partial charge in [0.25, 0.3) is 16.0 Å². The zero-order valence-corrected chi connectivity index (χ0v) is 10.8. The van der Waals surface area contributed by atoms with Crippen molar-refractivity contribution in [2.45, 2.75) is 17.9 Å². The van der Waals surface area contributed by atoms with Gasteiger partial charge in [0.2, 0.25) is 11.5 Å². The summed E-state index contributed by atoms with van der Waals surface area (Å²) in [5.74, 6) is -2.36. The molecule has 2 heterocycles. The molecular weight excluding hydrogens is 296 g/mol. The van der Waals surface area contributed by atoms with E-state index in [9.17, 15) is 23.4 Å². The zero-order chi connectivity index (χ0) is 15.1. The standard InChI is InChI=1S/C8H12N4O7S/c9-6(14)7-10-3-12(11-7)8(15)4(13)1-19-5(8)2-20(16,17)18/h3-5,13,15H,1-2H2,(H2,9,14)(H,16,17,18)/t4-,5+,8+/m0/s1. The van der Waals surface area contributed by atoms with Gasteiger partial charge >= 0.3 is 0 Å². The molecule has 0 spiro atoms. The second-order valence-electron chi connectivity index (χ2n) is 4.25. The molecule has 5 N–H and O–H groups in total. The van der Waals surface area contributed by atoms with E-state index in [0.29, 0.717) is 4.68 Å². The Morgan fingerprint density at radius 3 is 2.80 bits per heavy atom. The van der Waals surface area contributed by atoms with Gasteiger partial charge in [0.05, 0.1) is 6.61 Å². The first-order chi connectivity index (χ1) is 9.14. The Kier molecular flexibility index (Phi) is 3.51. The van der Waals surface area contributed by atoms with Crippen LogP contribution in [0.4, 0.5) is 0 Å². The lowest BCUT2D eigenvalue weighted by Gasteiger charge is -2.29. The zero-order valence-electron chi connectivity index (χ0n) is 9.95. The van der Waals surface area contributed by atoms with Crippen molar-refractivity contribution in [1.29, 1.82) is 0 Å². The third-order valence-corrected chi connectivity index (χ3v) is 3.58. The molecule has 1 aliphatic heterocycles. The van der Waals surface area contributed by atoms with Crippen LogP contribution in [0.2, 0.25) is 0 Å². The molecule has 1 aromatic rings. The maximum Gasteiger partial charge on any atom is 0.288 e. The molecule has 112 valence electrons. The van der Waals surface area contributed by atoms with Crippen LogP contribution in [-0.2, 0) is 20.6 Å². The van der Waals surface area contributed by atoms with Crippen LogP contribution in [-0.4, -0.2) is 68.4 Å². The molecule has 0 aromatic carbocycles. The third-order valence-electron chi connectivity index (χ3n) is 2.86. The summed E-state index contributed by atoms with van der Waals surface area (Å²) >= 11 is 0. The molecule has 20 heavy (non-hydrogen) atoms. The maximum absolute atomic E-state index is 10.9. The summed E-state index contributed by atoms with van der Waals surface area (Å²) in [6, 6.07) is 0.